The molecular formula is C21H22BrN3. The van der Waals surface area contributed by atoms with Crippen LogP contribution < -0.4 is 5.32 Å². The van der Waals surface area contributed by atoms with Crippen molar-refractivity contribution in [2.45, 2.75) is 12.5 Å². The molecule has 2 aromatic carbocycles. The Morgan fingerprint density at radius 1 is 0.920 bits per heavy atom. The van der Waals surface area contributed by atoms with Gasteiger partial charge in [-0.1, -0.05) is 58.4 Å². The largest absolute Gasteiger partial charge is 0.315 e. The van der Waals surface area contributed by atoms with E-state index in [1.54, 1.807) is 0 Å². The summed E-state index contributed by atoms with van der Waals surface area (Å²) in [4.78, 5) is 7.57. The van der Waals surface area contributed by atoms with Gasteiger partial charge in [0.05, 0.1) is 17.3 Å². The number of benzene rings is 2. The van der Waals surface area contributed by atoms with Crippen LogP contribution in [-0.4, -0.2) is 36.1 Å². The maximum atomic E-state index is 5.02. The van der Waals surface area contributed by atoms with Crippen LogP contribution in [0.4, 0.5) is 0 Å². The van der Waals surface area contributed by atoms with Crippen LogP contribution in [0.2, 0.25) is 0 Å². The van der Waals surface area contributed by atoms with E-state index in [9.17, 15) is 0 Å². The van der Waals surface area contributed by atoms with E-state index in [1.807, 2.05) is 0 Å². The van der Waals surface area contributed by atoms with Crippen LogP contribution in [0, 0.1) is 0 Å². The van der Waals surface area contributed by atoms with Gasteiger partial charge in [0.25, 0.3) is 0 Å². The standard InChI is InChI=1S/C21H22BrN3/c22-18-8-3-2-7-17(18)21(25-14-5-12-23-13-15-25)20-11-10-16-6-1-4-9-19(16)24-20/h1-4,6-11,21,23H,5,12-15H2. The fraction of sp³-hybridized carbons (Fsp3) is 0.286. The lowest BCUT2D eigenvalue weighted by Crippen LogP contribution is -2.33. The number of hydrogen-bond donors (Lipinski definition) is 1. The molecule has 1 aromatic heterocycles. The number of nitrogens with zero attached hydrogens (tertiary/aromatic N) is 2. The molecule has 1 N–H and O–H groups in total. The summed E-state index contributed by atoms with van der Waals surface area (Å²) in [6, 6.07) is 21.4. The van der Waals surface area contributed by atoms with Gasteiger partial charge in [-0.3, -0.25) is 9.88 Å². The van der Waals surface area contributed by atoms with E-state index in [1.165, 1.54) is 10.9 Å². The number of halogens is 1. The van der Waals surface area contributed by atoms with Gasteiger partial charge in [-0.15, -0.1) is 0 Å². The second kappa shape index (κ2) is 7.65. The maximum Gasteiger partial charge on any atom is 0.0788 e. The number of aromatic nitrogens is 1. The molecule has 25 heavy (non-hydrogen) atoms. The minimum Gasteiger partial charge on any atom is -0.315 e. The van der Waals surface area contributed by atoms with Gasteiger partial charge >= 0.3 is 0 Å². The molecule has 1 saturated heterocycles. The second-order valence-corrected chi connectivity index (χ2v) is 7.35. The fourth-order valence-corrected chi connectivity index (χ4v) is 4.10. The smallest absolute Gasteiger partial charge is 0.0788 e. The first-order valence-electron chi connectivity index (χ1n) is 8.88. The van der Waals surface area contributed by atoms with Gasteiger partial charge in [-0.05, 0) is 36.7 Å². The van der Waals surface area contributed by atoms with E-state index < -0.39 is 0 Å². The molecular weight excluding hydrogens is 374 g/mol. The van der Waals surface area contributed by atoms with E-state index >= 15 is 0 Å². The lowest BCUT2D eigenvalue weighted by Gasteiger charge is -2.31. The zero-order valence-electron chi connectivity index (χ0n) is 14.2. The minimum absolute atomic E-state index is 0.167. The summed E-state index contributed by atoms with van der Waals surface area (Å²) in [6.07, 6.45) is 1.16. The van der Waals surface area contributed by atoms with Crippen LogP contribution in [0.5, 0.6) is 0 Å². The summed E-state index contributed by atoms with van der Waals surface area (Å²) in [7, 11) is 0. The van der Waals surface area contributed by atoms with Crippen LogP contribution in [0.1, 0.15) is 23.7 Å². The van der Waals surface area contributed by atoms with Gasteiger partial charge in [0.15, 0.2) is 0 Å². The lowest BCUT2D eigenvalue weighted by molar-refractivity contribution is 0.237. The number of rotatable bonds is 3. The van der Waals surface area contributed by atoms with E-state index in [2.05, 4.69) is 86.8 Å². The molecule has 3 aromatic rings. The monoisotopic (exact) mass is 395 g/mol. The van der Waals surface area contributed by atoms with Crippen LogP contribution >= 0.6 is 15.9 Å². The highest BCUT2D eigenvalue weighted by atomic mass is 79.9. The predicted molar refractivity (Wildman–Crippen MR) is 107 cm³/mol. The third kappa shape index (κ3) is 3.61. The summed E-state index contributed by atoms with van der Waals surface area (Å²) in [6.45, 7) is 4.22. The van der Waals surface area contributed by atoms with E-state index in [0.717, 1.165) is 48.3 Å². The summed E-state index contributed by atoms with van der Waals surface area (Å²) in [5.41, 5.74) is 3.46. The van der Waals surface area contributed by atoms with Gasteiger partial charge in [0.2, 0.25) is 0 Å². The molecule has 1 unspecified atom stereocenters. The highest BCUT2D eigenvalue weighted by Gasteiger charge is 2.26. The Labute approximate surface area is 157 Å². The first kappa shape index (κ1) is 16.7. The lowest BCUT2D eigenvalue weighted by atomic mass is 10.00. The normalized spacial score (nSPS) is 17.3. The molecule has 0 bridgehead atoms. The van der Waals surface area contributed by atoms with Gasteiger partial charge in [-0.2, -0.15) is 0 Å². The highest BCUT2D eigenvalue weighted by molar-refractivity contribution is 9.10. The second-order valence-electron chi connectivity index (χ2n) is 6.49. The van der Waals surface area contributed by atoms with Crippen molar-refractivity contribution < 1.29 is 0 Å². The first-order valence-corrected chi connectivity index (χ1v) is 9.67. The summed E-state index contributed by atoms with van der Waals surface area (Å²) in [5.74, 6) is 0. The number of fused-ring (bicyclic) bond motifs is 1. The zero-order chi connectivity index (χ0) is 17.1. The SMILES string of the molecule is Brc1ccccc1C(c1ccc2ccccc2n1)N1CCCNCC1. The molecule has 128 valence electrons. The van der Waals surface area contributed by atoms with Crippen molar-refractivity contribution in [2.75, 3.05) is 26.2 Å². The average molecular weight is 396 g/mol. The Morgan fingerprint density at radius 2 is 1.76 bits per heavy atom. The summed E-state index contributed by atoms with van der Waals surface area (Å²) < 4.78 is 1.15. The molecule has 3 nitrogen and oxygen atoms in total. The summed E-state index contributed by atoms with van der Waals surface area (Å²) in [5, 5.41) is 4.69. The molecule has 1 aliphatic rings. The van der Waals surface area contributed by atoms with Crippen molar-refractivity contribution in [3.05, 3.63) is 76.4 Å². The van der Waals surface area contributed by atoms with Crippen LogP contribution in [0.25, 0.3) is 10.9 Å². The maximum absolute atomic E-state index is 5.02. The van der Waals surface area contributed by atoms with Gasteiger partial charge in [0, 0.05) is 29.5 Å². The molecule has 0 saturated carbocycles. The Morgan fingerprint density at radius 3 is 2.68 bits per heavy atom. The topological polar surface area (TPSA) is 28.2 Å². The Hall–Kier alpha value is -1.75. The first-order chi connectivity index (χ1) is 12.3. The molecule has 2 heterocycles. The molecule has 1 fully saturated rings. The molecule has 1 aliphatic heterocycles. The van der Waals surface area contributed by atoms with Crippen LogP contribution in [-0.2, 0) is 0 Å². The molecule has 0 aliphatic carbocycles. The number of pyridine rings is 1. The molecule has 0 spiro atoms. The van der Waals surface area contributed by atoms with Crippen molar-refractivity contribution in [1.29, 1.82) is 0 Å². The van der Waals surface area contributed by atoms with Gasteiger partial charge in [-0.25, -0.2) is 0 Å². The van der Waals surface area contributed by atoms with Crippen LogP contribution in [0.15, 0.2) is 65.1 Å². The van der Waals surface area contributed by atoms with E-state index in [0.29, 0.717) is 0 Å². The highest BCUT2D eigenvalue weighted by Crippen LogP contribution is 2.33. The predicted octanol–water partition coefficient (Wildman–Crippen LogP) is 4.38. The van der Waals surface area contributed by atoms with Crippen molar-refractivity contribution in [3.63, 3.8) is 0 Å². The fourth-order valence-electron chi connectivity index (χ4n) is 3.60. The van der Waals surface area contributed by atoms with Crippen molar-refractivity contribution >= 4 is 26.8 Å². The number of hydrogen-bond acceptors (Lipinski definition) is 3. The van der Waals surface area contributed by atoms with Crippen LogP contribution in [0.3, 0.4) is 0 Å². The van der Waals surface area contributed by atoms with Crippen molar-refractivity contribution in [2.24, 2.45) is 0 Å². The third-order valence-corrected chi connectivity index (χ3v) is 5.56. The Kier molecular flexibility index (Phi) is 5.11. The summed E-state index contributed by atoms with van der Waals surface area (Å²) >= 11 is 3.76. The molecule has 0 radical (unpaired) electrons. The average Bonchev–Trinajstić information content (AvgIpc) is 2.93. The van der Waals surface area contributed by atoms with E-state index in [-0.39, 0.29) is 6.04 Å². The molecule has 4 heteroatoms. The molecule has 4 rings (SSSR count). The van der Waals surface area contributed by atoms with Crippen molar-refractivity contribution in [1.82, 2.24) is 15.2 Å². The molecule has 1 atom stereocenters. The quantitative estimate of drug-likeness (QED) is 0.712. The number of nitrogens with one attached hydrogen (secondary N) is 1. The minimum atomic E-state index is 0.167. The van der Waals surface area contributed by atoms with Gasteiger partial charge < -0.3 is 5.32 Å². The van der Waals surface area contributed by atoms with Crippen molar-refractivity contribution in [3.8, 4) is 0 Å². The molecule has 0 amide bonds. The third-order valence-electron chi connectivity index (χ3n) is 4.84. The Bertz CT molecular complexity index is 856. The van der Waals surface area contributed by atoms with Gasteiger partial charge in [0.1, 0.15) is 0 Å². The van der Waals surface area contributed by atoms with E-state index in [4.69, 9.17) is 4.98 Å². The number of para-hydroxylation sites is 1. The Balaban J connectivity index is 1.81. The zero-order valence-corrected chi connectivity index (χ0v) is 15.7.